The lowest BCUT2D eigenvalue weighted by Crippen LogP contribution is -2.15. The summed E-state index contributed by atoms with van der Waals surface area (Å²) in [5.74, 6) is -0.530. The minimum absolute atomic E-state index is 0.0184. The maximum Gasteiger partial charge on any atom is 0.224 e. The Kier molecular flexibility index (Phi) is 16.4. The number of allylic oxidation sites excluding steroid dienone is 2. The van der Waals surface area contributed by atoms with Crippen LogP contribution in [0, 0.1) is 0 Å². The fourth-order valence-electron chi connectivity index (χ4n) is 2.68. The molecule has 0 fully saturated rings. The second-order valence-corrected chi connectivity index (χ2v) is 6.52. The van der Waals surface area contributed by atoms with Crippen molar-refractivity contribution in [1.82, 2.24) is 0 Å². The van der Waals surface area contributed by atoms with E-state index in [2.05, 4.69) is 19.1 Å². The van der Waals surface area contributed by atoms with E-state index in [1.165, 1.54) is 70.6 Å². The molecule has 0 aromatic rings. The number of carbonyl (C=O) groups excluding carboxylic acids is 2. The summed E-state index contributed by atoms with van der Waals surface area (Å²) in [7, 11) is 0. The number of unbranched alkanes of at least 4 members (excludes halogenated alkanes) is 11. The molecule has 23 heavy (non-hydrogen) atoms. The molecule has 134 valence electrons. The molecule has 0 spiro atoms. The fourth-order valence-corrected chi connectivity index (χ4v) is 2.68. The SMILES string of the molecule is CCCCCCCCC=CCCCCCCCC(=O)CC(N)=O. The van der Waals surface area contributed by atoms with Crippen LogP contribution in [0.4, 0.5) is 0 Å². The average molecular weight is 324 g/mol. The summed E-state index contributed by atoms with van der Waals surface area (Å²) < 4.78 is 0. The predicted octanol–water partition coefficient (Wildman–Crippen LogP) is 5.47. The van der Waals surface area contributed by atoms with E-state index in [1.54, 1.807) is 0 Å². The number of rotatable bonds is 17. The summed E-state index contributed by atoms with van der Waals surface area (Å²) in [4.78, 5) is 21.8. The van der Waals surface area contributed by atoms with Gasteiger partial charge in [-0.3, -0.25) is 9.59 Å². The van der Waals surface area contributed by atoms with Gasteiger partial charge in [-0.05, 0) is 32.1 Å². The van der Waals surface area contributed by atoms with Crippen LogP contribution in [-0.2, 0) is 9.59 Å². The Bertz CT molecular complexity index is 324. The van der Waals surface area contributed by atoms with Gasteiger partial charge in [0.15, 0.2) is 0 Å². The molecule has 0 unspecified atom stereocenters. The number of primary amides is 1. The van der Waals surface area contributed by atoms with Crippen LogP contribution in [0.1, 0.15) is 103 Å². The van der Waals surface area contributed by atoms with Gasteiger partial charge in [-0.15, -0.1) is 0 Å². The molecule has 0 saturated carbocycles. The van der Waals surface area contributed by atoms with Crippen molar-refractivity contribution in [2.24, 2.45) is 5.73 Å². The van der Waals surface area contributed by atoms with Crippen molar-refractivity contribution in [1.29, 1.82) is 0 Å². The maximum absolute atomic E-state index is 11.3. The second-order valence-electron chi connectivity index (χ2n) is 6.52. The van der Waals surface area contributed by atoms with Crippen LogP contribution in [0.3, 0.4) is 0 Å². The summed E-state index contributed by atoms with van der Waals surface area (Å²) in [5, 5.41) is 0. The summed E-state index contributed by atoms with van der Waals surface area (Å²) in [5.41, 5.74) is 4.98. The molecule has 0 radical (unpaired) electrons. The Morgan fingerprint density at radius 1 is 0.739 bits per heavy atom. The van der Waals surface area contributed by atoms with Gasteiger partial charge in [0.25, 0.3) is 0 Å². The molecule has 3 nitrogen and oxygen atoms in total. The van der Waals surface area contributed by atoms with Gasteiger partial charge in [0, 0.05) is 6.42 Å². The lowest BCUT2D eigenvalue weighted by molar-refractivity contribution is -0.126. The molecular formula is C20H37NO2. The topological polar surface area (TPSA) is 60.2 Å². The summed E-state index contributed by atoms with van der Waals surface area (Å²) >= 11 is 0. The number of hydrogen-bond acceptors (Lipinski definition) is 2. The molecule has 0 heterocycles. The molecule has 0 aromatic carbocycles. The Morgan fingerprint density at radius 3 is 1.74 bits per heavy atom. The third kappa shape index (κ3) is 18.8. The molecule has 0 aliphatic heterocycles. The van der Waals surface area contributed by atoms with E-state index in [0.717, 1.165) is 12.8 Å². The van der Waals surface area contributed by atoms with E-state index in [0.29, 0.717) is 6.42 Å². The molecule has 0 saturated heterocycles. The zero-order chi connectivity index (χ0) is 17.2. The van der Waals surface area contributed by atoms with Crippen molar-refractivity contribution in [3.8, 4) is 0 Å². The van der Waals surface area contributed by atoms with Crippen LogP contribution < -0.4 is 5.73 Å². The molecule has 0 rings (SSSR count). The summed E-state index contributed by atoms with van der Waals surface area (Å²) in [6.45, 7) is 2.26. The number of ketones is 1. The quantitative estimate of drug-likeness (QED) is 0.219. The summed E-state index contributed by atoms with van der Waals surface area (Å²) in [6, 6.07) is 0. The standard InChI is InChI=1S/C20H37NO2/c1-2-3-4-5-6-7-8-9-10-11-12-13-14-15-16-17-19(22)18-20(21)23/h9-10H,2-8,11-18H2,1H3,(H2,21,23). The highest BCUT2D eigenvalue weighted by Gasteiger charge is 2.04. The van der Waals surface area contributed by atoms with E-state index >= 15 is 0 Å². The molecule has 2 N–H and O–H groups in total. The van der Waals surface area contributed by atoms with Gasteiger partial charge in [0.1, 0.15) is 5.78 Å². The van der Waals surface area contributed by atoms with Gasteiger partial charge in [-0.2, -0.15) is 0 Å². The van der Waals surface area contributed by atoms with Crippen molar-refractivity contribution in [2.75, 3.05) is 0 Å². The minimum Gasteiger partial charge on any atom is -0.369 e. The first-order valence-corrected chi connectivity index (χ1v) is 9.61. The fraction of sp³-hybridized carbons (Fsp3) is 0.800. The van der Waals surface area contributed by atoms with Crippen molar-refractivity contribution in [3.63, 3.8) is 0 Å². The largest absolute Gasteiger partial charge is 0.369 e. The third-order valence-electron chi connectivity index (χ3n) is 4.09. The number of hydrogen-bond donors (Lipinski definition) is 1. The molecule has 1 amide bonds. The van der Waals surface area contributed by atoms with Crippen molar-refractivity contribution in [3.05, 3.63) is 12.2 Å². The van der Waals surface area contributed by atoms with Gasteiger partial charge in [-0.25, -0.2) is 0 Å². The Hall–Kier alpha value is -1.12. The van der Waals surface area contributed by atoms with Crippen LogP contribution in [0.5, 0.6) is 0 Å². The first-order chi connectivity index (χ1) is 11.2. The zero-order valence-electron chi connectivity index (χ0n) is 15.2. The van der Waals surface area contributed by atoms with E-state index in [9.17, 15) is 9.59 Å². The van der Waals surface area contributed by atoms with E-state index in [4.69, 9.17) is 5.73 Å². The molecule has 0 aliphatic rings. The number of nitrogens with two attached hydrogens (primary N) is 1. The number of amides is 1. The number of carbonyl (C=O) groups is 2. The summed E-state index contributed by atoms with van der Waals surface area (Å²) in [6.07, 6.45) is 21.3. The molecular weight excluding hydrogens is 286 g/mol. The number of Topliss-reactive ketones (excluding diaryl/α,β-unsaturated/α-hetero) is 1. The van der Waals surface area contributed by atoms with Crippen molar-refractivity contribution in [2.45, 2.75) is 103 Å². The van der Waals surface area contributed by atoms with Crippen LogP contribution in [0.2, 0.25) is 0 Å². The van der Waals surface area contributed by atoms with Gasteiger partial charge < -0.3 is 5.73 Å². The lowest BCUT2D eigenvalue weighted by Gasteiger charge is -2.00. The van der Waals surface area contributed by atoms with Gasteiger partial charge in [0.05, 0.1) is 6.42 Å². The molecule has 0 aliphatic carbocycles. The van der Waals surface area contributed by atoms with E-state index in [-0.39, 0.29) is 12.2 Å². The molecule has 0 aromatic heterocycles. The normalized spacial score (nSPS) is 11.2. The minimum atomic E-state index is -0.511. The predicted molar refractivity (Wildman–Crippen MR) is 98.3 cm³/mol. The third-order valence-corrected chi connectivity index (χ3v) is 4.09. The highest BCUT2D eigenvalue weighted by molar-refractivity contribution is 5.97. The highest BCUT2D eigenvalue weighted by Crippen LogP contribution is 2.10. The van der Waals surface area contributed by atoms with Crippen LogP contribution in [0.25, 0.3) is 0 Å². The zero-order valence-corrected chi connectivity index (χ0v) is 15.2. The van der Waals surface area contributed by atoms with Gasteiger partial charge in [-0.1, -0.05) is 70.4 Å². The smallest absolute Gasteiger partial charge is 0.224 e. The molecule has 3 heteroatoms. The second kappa shape index (κ2) is 17.2. The van der Waals surface area contributed by atoms with Crippen molar-refractivity contribution < 1.29 is 9.59 Å². The molecule has 0 bridgehead atoms. The first kappa shape index (κ1) is 21.9. The van der Waals surface area contributed by atoms with Gasteiger partial charge >= 0.3 is 0 Å². The van der Waals surface area contributed by atoms with Crippen LogP contribution >= 0.6 is 0 Å². The van der Waals surface area contributed by atoms with Crippen LogP contribution in [-0.4, -0.2) is 11.7 Å². The molecule has 0 atom stereocenters. The van der Waals surface area contributed by atoms with E-state index in [1.807, 2.05) is 0 Å². The van der Waals surface area contributed by atoms with E-state index < -0.39 is 5.91 Å². The Balaban J connectivity index is 3.19. The Morgan fingerprint density at radius 2 is 1.22 bits per heavy atom. The maximum atomic E-state index is 11.3. The van der Waals surface area contributed by atoms with Crippen LogP contribution in [0.15, 0.2) is 12.2 Å². The van der Waals surface area contributed by atoms with Crippen molar-refractivity contribution >= 4 is 11.7 Å². The lowest BCUT2D eigenvalue weighted by atomic mass is 10.1. The van der Waals surface area contributed by atoms with Gasteiger partial charge in [0.2, 0.25) is 5.91 Å². The first-order valence-electron chi connectivity index (χ1n) is 9.61. The average Bonchev–Trinajstić information content (AvgIpc) is 2.50. The Labute approximate surface area is 143 Å². The monoisotopic (exact) mass is 323 g/mol. The highest BCUT2D eigenvalue weighted by atomic mass is 16.2.